The van der Waals surface area contributed by atoms with E-state index >= 15 is 0 Å². The molecule has 0 radical (unpaired) electrons. The van der Waals surface area contributed by atoms with Gasteiger partial charge in [0.05, 0.1) is 13.7 Å². The monoisotopic (exact) mass is 374 g/mol. The minimum absolute atomic E-state index is 0.130. The molecule has 2 aromatic rings. The number of carbonyl (C=O) groups is 1. The van der Waals surface area contributed by atoms with E-state index in [-0.39, 0.29) is 5.91 Å². The molecule has 1 aromatic heterocycles. The first-order valence-corrected chi connectivity index (χ1v) is 9.20. The fraction of sp³-hybridized carbons (Fsp3) is 0.526. The molecule has 1 amide bonds. The smallest absolute Gasteiger partial charge is 0.227 e. The number of likely N-dealkylation sites (N-methyl/N-ethyl adjacent to an activating group) is 1. The fourth-order valence-electron chi connectivity index (χ4n) is 2.99. The first-order chi connectivity index (χ1) is 13.1. The summed E-state index contributed by atoms with van der Waals surface area (Å²) in [6.45, 7) is 5.82. The molecule has 0 saturated carbocycles. The molecule has 1 aromatic carbocycles. The standard InChI is InChI=1S/C19H26N4O4/c1-4-26-16-13-14(5-6-15(16)25-3)19-20-17(27-21-19)7-8-18(24)23-11-9-22(2)10-12-23/h5-6,13H,4,7-12H2,1-3H3. The van der Waals surface area contributed by atoms with Gasteiger partial charge in [-0.15, -0.1) is 0 Å². The molecule has 27 heavy (non-hydrogen) atoms. The zero-order valence-electron chi connectivity index (χ0n) is 16.1. The number of hydrogen-bond donors (Lipinski definition) is 0. The lowest BCUT2D eigenvalue weighted by Crippen LogP contribution is -2.47. The van der Waals surface area contributed by atoms with E-state index in [1.807, 2.05) is 30.0 Å². The molecule has 0 atom stereocenters. The quantitative estimate of drug-likeness (QED) is 0.731. The molecule has 1 saturated heterocycles. The molecule has 0 N–H and O–H groups in total. The van der Waals surface area contributed by atoms with Crippen molar-refractivity contribution in [3.8, 4) is 22.9 Å². The van der Waals surface area contributed by atoms with Crippen LogP contribution in [0.2, 0.25) is 0 Å². The Morgan fingerprint density at radius 1 is 1.22 bits per heavy atom. The third-order valence-electron chi connectivity index (χ3n) is 4.60. The summed E-state index contributed by atoms with van der Waals surface area (Å²) in [5, 5.41) is 4.03. The van der Waals surface area contributed by atoms with Gasteiger partial charge in [0.1, 0.15) is 0 Å². The topological polar surface area (TPSA) is 80.9 Å². The van der Waals surface area contributed by atoms with E-state index in [0.29, 0.717) is 42.7 Å². The van der Waals surface area contributed by atoms with Crippen LogP contribution < -0.4 is 9.47 Å². The summed E-state index contributed by atoms with van der Waals surface area (Å²) in [7, 11) is 3.67. The van der Waals surface area contributed by atoms with Crippen LogP contribution in [0.5, 0.6) is 11.5 Å². The van der Waals surface area contributed by atoms with Gasteiger partial charge in [0, 0.05) is 44.6 Å². The van der Waals surface area contributed by atoms with Crippen LogP contribution in [0.3, 0.4) is 0 Å². The summed E-state index contributed by atoms with van der Waals surface area (Å²) >= 11 is 0. The molecule has 1 fully saturated rings. The first kappa shape index (κ1) is 19.2. The zero-order chi connectivity index (χ0) is 19.2. The highest BCUT2D eigenvalue weighted by Crippen LogP contribution is 2.31. The predicted octanol–water partition coefficient (Wildman–Crippen LogP) is 1.85. The van der Waals surface area contributed by atoms with Gasteiger partial charge in [-0.1, -0.05) is 5.16 Å². The number of ether oxygens (including phenoxy) is 2. The van der Waals surface area contributed by atoms with Crippen LogP contribution in [-0.4, -0.2) is 72.8 Å². The molecule has 0 unspecified atom stereocenters. The maximum atomic E-state index is 12.3. The zero-order valence-corrected chi connectivity index (χ0v) is 16.1. The summed E-state index contributed by atoms with van der Waals surface area (Å²) in [4.78, 5) is 20.9. The van der Waals surface area contributed by atoms with Crippen molar-refractivity contribution in [3.63, 3.8) is 0 Å². The van der Waals surface area contributed by atoms with Crippen LogP contribution in [0.1, 0.15) is 19.2 Å². The minimum atomic E-state index is 0.130. The van der Waals surface area contributed by atoms with Gasteiger partial charge in [0.2, 0.25) is 17.6 Å². The number of methoxy groups -OCH3 is 1. The third kappa shape index (κ3) is 4.77. The molecule has 0 aliphatic carbocycles. The molecule has 2 heterocycles. The lowest BCUT2D eigenvalue weighted by Gasteiger charge is -2.32. The van der Waals surface area contributed by atoms with Gasteiger partial charge in [-0.05, 0) is 32.2 Å². The average molecular weight is 374 g/mol. The summed E-state index contributed by atoms with van der Waals surface area (Å²) in [5.41, 5.74) is 0.777. The maximum Gasteiger partial charge on any atom is 0.227 e. The summed E-state index contributed by atoms with van der Waals surface area (Å²) in [6, 6.07) is 5.49. The van der Waals surface area contributed by atoms with Gasteiger partial charge in [-0.3, -0.25) is 4.79 Å². The number of nitrogens with zero attached hydrogens (tertiary/aromatic N) is 4. The van der Waals surface area contributed by atoms with E-state index in [2.05, 4.69) is 22.1 Å². The second-order valence-corrected chi connectivity index (χ2v) is 6.49. The van der Waals surface area contributed by atoms with Crippen molar-refractivity contribution in [2.75, 3.05) is 46.9 Å². The highest BCUT2D eigenvalue weighted by molar-refractivity contribution is 5.76. The van der Waals surface area contributed by atoms with Crippen molar-refractivity contribution >= 4 is 5.91 Å². The van der Waals surface area contributed by atoms with Gasteiger partial charge in [0.15, 0.2) is 11.5 Å². The lowest BCUT2D eigenvalue weighted by atomic mass is 10.2. The van der Waals surface area contributed by atoms with Gasteiger partial charge >= 0.3 is 0 Å². The van der Waals surface area contributed by atoms with E-state index in [1.54, 1.807) is 7.11 Å². The molecule has 8 heteroatoms. The summed E-state index contributed by atoms with van der Waals surface area (Å²) < 4.78 is 16.2. The Kier molecular flexibility index (Phi) is 6.28. The number of aryl methyl sites for hydroxylation is 1. The number of amides is 1. The van der Waals surface area contributed by atoms with Gasteiger partial charge in [0.25, 0.3) is 0 Å². The normalized spacial score (nSPS) is 15.0. The van der Waals surface area contributed by atoms with Gasteiger partial charge < -0.3 is 23.8 Å². The van der Waals surface area contributed by atoms with Crippen molar-refractivity contribution in [1.29, 1.82) is 0 Å². The molecule has 146 valence electrons. The van der Waals surface area contributed by atoms with Crippen molar-refractivity contribution in [3.05, 3.63) is 24.1 Å². The summed E-state index contributed by atoms with van der Waals surface area (Å²) in [6.07, 6.45) is 0.810. The number of rotatable bonds is 7. The van der Waals surface area contributed by atoms with Gasteiger partial charge in [-0.25, -0.2) is 0 Å². The Bertz CT molecular complexity index is 769. The Hall–Kier alpha value is -2.61. The Balaban J connectivity index is 1.61. The largest absolute Gasteiger partial charge is 0.493 e. The second-order valence-electron chi connectivity index (χ2n) is 6.49. The Morgan fingerprint density at radius 2 is 2.00 bits per heavy atom. The maximum absolute atomic E-state index is 12.3. The number of hydrogen-bond acceptors (Lipinski definition) is 7. The molecule has 8 nitrogen and oxygen atoms in total. The number of benzene rings is 1. The van der Waals surface area contributed by atoms with Crippen LogP contribution in [0, 0.1) is 0 Å². The van der Waals surface area contributed by atoms with Crippen molar-refractivity contribution in [1.82, 2.24) is 19.9 Å². The van der Waals surface area contributed by atoms with Crippen LogP contribution >= 0.6 is 0 Å². The second kappa shape index (κ2) is 8.85. The highest BCUT2D eigenvalue weighted by atomic mass is 16.5. The van der Waals surface area contributed by atoms with E-state index in [0.717, 1.165) is 31.7 Å². The van der Waals surface area contributed by atoms with Crippen molar-refractivity contribution < 1.29 is 18.8 Å². The number of aromatic nitrogens is 2. The Labute approximate surface area is 159 Å². The number of piperazine rings is 1. The molecule has 3 rings (SSSR count). The fourth-order valence-corrected chi connectivity index (χ4v) is 2.99. The SMILES string of the molecule is CCOc1cc(-c2noc(CCC(=O)N3CCN(C)CC3)n2)ccc1OC. The Morgan fingerprint density at radius 3 is 2.70 bits per heavy atom. The number of carbonyl (C=O) groups excluding carboxylic acids is 1. The molecule has 0 bridgehead atoms. The molecular weight excluding hydrogens is 348 g/mol. The molecule has 1 aliphatic rings. The van der Waals surface area contributed by atoms with Gasteiger partial charge in [-0.2, -0.15) is 4.98 Å². The molecular formula is C19H26N4O4. The van der Waals surface area contributed by atoms with Crippen LogP contribution in [-0.2, 0) is 11.2 Å². The average Bonchev–Trinajstić information content (AvgIpc) is 3.16. The third-order valence-corrected chi connectivity index (χ3v) is 4.60. The van der Waals surface area contributed by atoms with Crippen molar-refractivity contribution in [2.45, 2.75) is 19.8 Å². The van der Waals surface area contributed by atoms with Crippen LogP contribution in [0.4, 0.5) is 0 Å². The van der Waals surface area contributed by atoms with E-state index < -0.39 is 0 Å². The van der Waals surface area contributed by atoms with Crippen LogP contribution in [0.15, 0.2) is 22.7 Å². The first-order valence-electron chi connectivity index (χ1n) is 9.20. The van der Waals surface area contributed by atoms with Crippen LogP contribution in [0.25, 0.3) is 11.4 Å². The summed E-state index contributed by atoms with van der Waals surface area (Å²) in [5.74, 6) is 2.35. The van der Waals surface area contributed by atoms with Crippen molar-refractivity contribution in [2.24, 2.45) is 0 Å². The van der Waals surface area contributed by atoms with E-state index in [1.165, 1.54) is 0 Å². The highest BCUT2D eigenvalue weighted by Gasteiger charge is 2.20. The molecule has 1 aliphatic heterocycles. The lowest BCUT2D eigenvalue weighted by molar-refractivity contribution is -0.132. The molecule has 0 spiro atoms. The minimum Gasteiger partial charge on any atom is -0.493 e. The van der Waals surface area contributed by atoms with E-state index in [4.69, 9.17) is 14.0 Å². The van der Waals surface area contributed by atoms with E-state index in [9.17, 15) is 4.79 Å². The predicted molar refractivity (Wildman–Crippen MR) is 99.9 cm³/mol.